The minimum atomic E-state index is 0.351. The first kappa shape index (κ1) is 13.4. The molecule has 18 heavy (non-hydrogen) atoms. The van der Waals surface area contributed by atoms with Gasteiger partial charge in [0.25, 0.3) is 0 Å². The minimum Gasteiger partial charge on any atom is -0.309 e. The first-order valence-corrected chi connectivity index (χ1v) is 7.07. The SMILES string of the molecule is C/C=C/CCNC1c2ccccc2CCC1(C)C. The van der Waals surface area contributed by atoms with Gasteiger partial charge in [-0.15, -0.1) is 0 Å². The topological polar surface area (TPSA) is 12.0 Å². The maximum absolute atomic E-state index is 3.75. The van der Waals surface area contributed by atoms with E-state index in [-0.39, 0.29) is 0 Å². The summed E-state index contributed by atoms with van der Waals surface area (Å²) in [5, 5.41) is 3.75. The van der Waals surface area contributed by atoms with Crippen LogP contribution in [0.2, 0.25) is 0 Å². The molecule has 0 bridgehead atoms. The smallest absolute Gasteiger partial charge is 0.0374 e. The van der Waals surface area contributed by atoms with Crippen LogP contribution in [0.3, 0.4) is 0 Å². The van der Waals surface area contributed by atoms with Gasteiger partial charge in [0.15, 0.2) is 0 Å². The summed E-state index contributed by atoms with van der Waals surface area (Å²) in [5.74, 6) is 0. The zero-order valence-corrected chi connectivity index (χ0v) is 11.9. The van der Waals surface area contributed by atoms with Gasteiger partial charge in [-0.3, -0.25) is 0 Å². The van der Waals surface area contributed by atoms with Gasteiger partial charge in [0.1, 0.15) is 0 Å². The Morgan fingerprint density at radius 3 is 2.89 bits per heavy atom. The Morgan fingerprint density at radius 2 is 2.11 bits per heavy atom. The Balaban J connectivity index is 2.14. The number of fused-ring (bicyclic) bond motifs is 1. The second-order valence-electron chi connectivity index (χ2n) is 5.93. The van der Waals surface area contributed by atoms with E-state index < -0.39 is 0 Å². The van der Waals surface area contributed by atoms with Gasteiger partial charge in [-0.2, -0.15) is 0 Å². The number of allylic oxidation sites excluding steroid dienone is 1. The summed E-state index contributed by atoms with van der Waals surface area (Å²) in [6.07, 6.45) is 7.96. The van der Waals surface area contributed by atoms with Crippen LogP contribution in [0.25, 0.3) is 0 Å². The first-order chi connectivity index (χ1) is 8.65. The summed E-state index contributed by atoms with van der Waals surface area (Å²) in [6.45, 7) is 7.92. The van der Waals surface area contributed by atoms with Gasteiger partial charge in [-0.05, 0) is 49.3 Å². The van der Waals surface area contributed by atoms with E-state index in [0.29, 0.717) is 11.5 Å². The van der Waals surface area contributed by atoms with Crippen molar-refractivity contribution in [2.45, 2.75) is 46.1 Å². The molecule has 1 N–H and O–H groups in total. The molecule has 0 fully saturated rings. The van der Waals surface area contributed by atoms with E-state index in [2.05, 4.69) is 62.5 Å². The second kappa shape index (κ2) is 5.71. The van der Waals surface area contributed by atoms with Crippen LogP contribution in [-0.2, 0) is 6.42 Å². The van der Waals surface area contributed by atoms with Gasteiger partial charge < -0.3 is 5.32 Å². The average Bonchev–Trinajstić information content (AvgIpc) is 2.36. The molecule has 0 saturated carbocycles. The maximum atomic E-state index is 3.75. The third-order valence-corrected chi connectivity index (χ3v) is 4.08. The van der Waals surface area contributed by atoms with E-state index in [4.69, 9.17) is 0 Å². The molecule has 0 spiro atoms. The van der Waals surface area contributed by atoms with Crippen LogP contribution in [0, 0.1) is 5.41 Å². The summed E-state index contributed by atoms with van der Waals surface area (Å²) in [7, 11) is 0. The average molecular weight is 243 g/mol. The highest BCUT2D eigenvalue weighted by Gasteiger charge is 2.34. The third-order valence-electron chi connectivity index (χ3n) is 4.08. The highest BCUT2D eigenvalue weighted by Crippen LogP contribution is 2.43. The molecule has 0 amide bonds. The molecule has 2 rings (SSSR count). The standard InChI is InChI=1S/C17H25N/c1-4-5-8-13-18-16-15-10-7-6-9-14(15)11-12-17(16,2)3/h4-7,9-10,16,18H,8,11-13H2,1-3H3/b5-4+. The van der Waals surface area contributed by atoms with Crippen molar-refractivity contribution in [3.63, 3.8) is 0 Å². The number of benzene rings is 1. The molecular weight excluding hydrogens is 218 g/mol. The zero-order chi connectivity index (χ0) is 13.0. The number of hydrogen-bond acceptors (Lipinski definition) is 1. The zero-order valence-electron chi connectivity index (χ0n) is 11.9. The summed E-state index contributed by atoms with van der Waals surface area (Å²) in [5.41, 5.74) is 3.39. The van der Waals surface area contributed by atoms with Gasteiger partial charge in [0, 0.05) is 6.04 Å². The van der Waals surface area contributed by atoms with Gasteiger partial charge in [0.05, 0.1) is 0 Å². The van der Waals surface area contributed by atoms with Crippen molar-refractivity contribution in [3.8, 4) is 0 Å². The van der Waals surface area contributed by atoms with Crippen LogP contribution in [0.15, 0.2) is 36.4 Å². The number of nitrogens with one attached hydrogen (secondary N) is 1. The fraction of sp³-hybridized carbons (Fsp3) is 0.529. The molecular formula is C17H25N. The van der Waals surface area contributed by atoms with E-state index in [1.807, 2.05) is 0 Å². The molecule has 1 aliphatic carbocycles. The molecule has 1 heteroatoms. The van der Waals surface area contributed by atoms with E-state index in [1.54, 1.807) is 0 Å². The largest absolute Gasteiger partial charge is 0.309 e. The quantitative estimate of drug-likeness (QED) is 0.615. The summed E-state index contributed by atoms with van der Waals surface area (Å²) in [4.78, 5) is 0. The molecule has 1 aliphatic rings. The van der Waals surface area contributed by atoms with Crippen molar-refractivity contribution in [2.75, 3.05) is 6.54 Å². The van der Waals surface area contributed by atoms with Crippen LogP contribution in [0.5, 0.6) is 0 Å². The molecule has 1 nitrogen and oxygen atoms in total. The molecule has 1 atom stereocenters. The molecule has 0 heterocycles. The van der Waals surface area contributed by atoms with Crippen molar-refractivity contribution in [1.82, 2.24) is 5.32 Å². The van der Waals surface area contributed by atoms with E-state index in [9.17, 15) is 0 Å². The lowest BCUT2D eigenvalue weighted by Gasteiger charge is -2.40. The molecule has 0 radical (unpaired) electrons. The summed E-state index contributed by atoms with van der Waals surface area (Å²) in [6, 6.07) is 9.40. The molecule has 0 aliphatic heterocycles. The molecule has 98 valence electrons. The molecule has 1 unspecified atom stereocenters. The van der Waals surface area contributed by atoms with Crippen molar-refractivity contribution in [2.24, 2.45) is 5.41 Å². The maximum Gasteiger partial charge on any atom is 0.0374 e. The predicted molar refractivity (Wildman–Crippen MR) is 78.7 cm³/mol. The molecule has 0 aromatic heterocycles. The molecule has 0 saturated heterocycles. The van der Waals surface area contributed by atoms with E-state index in [1.165, 1.54) is 24.0 Å². The summed E-state index contributed by atoms with van der Waals surface area (Å²) >= 11 is 0. The van der Waals surface area contributed by atoms with Crippen LogP contribution < -0.4 is 5.32 Å². The number of hydrogen-bond donors (Lipinski definition) is 1. The van der Waals surface area contributed by atoms with Crippen molar-refractivity contribution >= 4 is 0 Å². The van der Waals surface area contributed by atoms with Gasteiger partial charge >= 0.3 is 0 Å². The Bertz CT molecular complexity index is 417. The van der Waals surface area contributed by atoms with E-state index in [0.717, 1.165) is 13.0 Å². The van der Waals surface area contributed by atoms with Gasteiger partial charge in [-0.1, -0.05) is 50.3 Å². The number of aryl methyl sites for hydroxylation is 1. The van der Waals surface area contributed by atoms with Crippen LogP contribution in [-0.4, -0.2) is 6.54 Å². The lowest BCUT2D eigenvalue weighted by atomic mass is 9.70. The van der Waals surface area contributed by atoms with Crippen molar-refractivity contribution < 1.29 is 0 Å². The van der Waals surface area contributed by atoms with Crippen LogP contribution in [0.1, 0.15) is 50.8 Å². The van der Waals surface area contributed by atoms with Crippen molar-refractivity contribution in [3.05, 3.63) is 47.5 Å². The van der Waals surface area contributed by atoms with E-state index >= 15 is 0 Å². The molecule has 1 aromatic rings. The Labute approximate surface area is 111 Å². The van der Waals surface area contributed by atoms with Crippen LogP contribution in [0.4, 0.5) is 0 Å². The Hall–Kier alpha value is -1.08. The second-order valence-corrected chi connectivity index (χ2v) is 5.93. The highest BCUT2D eigenvalue weighted by atomic mass is 14.9. The first-order valence-electron chi connectivity index (χ1n) is 7.07. The monoisotopic (exact) mass is 243 g/mol. The molecule has 1 aromatic carbocycles. The Kier molecular flexibility index (Phi) is 4.23. The van der Waals surface area contributed by atoms with Gasteiger partial charge in [-0.25, -0.2) is 0 Å². The summed E-state index contributed by atoms with van der Waals surface area (Å²) < 4.78 is 0. The fourth-order valence-corrected chi connectivity index (χ4v) is 2.93. The lowest BCUT2D eigenvalue weighted by molar-refractivity contribution is 0.210. The Morgan fingerprint density at radius 1 is 1.33 bits per heavy atom. The van der Waals surface area contributed by atoms with Crippen LogP contribution >= 0.6 is 0 Å². The van der Waals surface area contributed by atoms with Crippen molar-refractivity contribution in [1.29, 1.82) is 0 Å². The normalized spacial score (nSPS) is 22.1. The minimum absolute atomic E-state index is 0.351. The highest BCUT2D eigenvalue weighted by molar-refractivity contribution is 5.34. The van der Waals surface area contributed by atoms with Gasteiger partial charge in [0.2, 0.25) is 0 Å². The predicted octanol–water partition coefficient (Wildman–Crippen LogP) is 4.26. The third kappa shape index (κ3) is 2.84. The number of rotatable bonds is 4. The lowest BCUT2D eigenvalue weighted by Crippen LogP contribution is -2.38. The fourth-order valence-electron chi connectivity index (χ4n) is 2.93.